The molecule has 0 bridgehead atoms. The van der Waals surface area contributed by atoms with E-state index in [0.29, 0.717) is 23.7 Å². The summed E-state index contributed by atoms with van der Waals surface area (Å²) in [7, 11) is -3.55. The van der Waals surface area contributed by atoms with Gasteiger partial charge in [0.25, 0.3) is 0 Å². The van der Waals surface area contributed by atoms with Crippen molar-refractivity contribution < 1.29 is 13.2 Å². The molecule has 2 aromatic rings. The predicted octanol–water partition coefficient (Wildman–Crippen LogP) is 4.45. The summed E-state index contributed by atoms with van der Waals surface area (Å²) in [5.74, 6) is 0.655. The summed E-state index contributed by atoms with van der Waals surface area (Å²) in [5, 5.41) is 3.53. The number of hydrogen-bond acceptors (Lipinski definition) is 4. The van der Waals surface area contributed by atoms with Crippen molar-refractivity contribution in [2.24, 2.45) is 0 Å². The number of thioether (sulfide) groups is 1. The molecule has 0 saturated heterocycles. The molecule has 1 amide bonds. The van der Waals surface area contributed by atoms with Crippen LogP contribution < -0.4 is 9.62 Å². The standard InChI is InChI=1S/C19H22Cl2N2O3S2/c1-28(25,26)23(18-14-15(20)9-10-17(18)21)12-5-8-19(24)22-11-13-27-16-6-3-2-4-7-16/h2-4,6-7,9-10,14H,5,8,11-13H2,1H3,(H,22,24). The first-order chi connectivity index (χ1) is 13.3. The maximum absolute atomic E-state index is 12.1. The molecule has 0 radical (unpaired) electrons. The van der Waals surface area contributed by atoms with Crippen molar-refractivity contribution in [2.75, 3.05) is 29.4 Å². The van der Waals surface area contributed by atoms with Gasteiger partial charge in [-0.1, -0.05) is 41.4 Å². The molecular weight excluding hydrogens is 439 g/mol. The van der Waals surface area contributed by atoms with Gasteiger partial charge in [0.1, 0.15) is 0 Å². The zero-order chi connectivity index (χ0) is 20.6. The van der Waals surface area contributed by atoms with Crippen LogP contribution in [0.25, 0.3) is 0 Å². The summed E-state index contributed by atoms with van der Waals surface area (Å²) in [6.07, 6.45) is 1.69. The van der Waals surface area contributed by atoms with E-state index < -0.39 is 10.0 Å². The molecule has 9 heteroatoms. The zero-order valence-corrected chi connectivity index (χ0v) is 18.5. The lowest BCUT2D eigenvalue weighted by Gasteiger charge is -2.23. The third-order valence-electron chi connectivity index (χ3n) is 3.78. The fourth-order valence-corrected chi connectivity index (χ4v) is 4.68. The van der Waals surface area contributed by atoms with Crippen LogP contribution in [0.1, 0.15) is 12.8 Å². The Morgan fingerprint density at radius 3 is 2.54 bits per heavy atom. The molecule has 0 saturated carbocycles. The van der Waals surface area contributed by atoms with E-state index in [1.165, 1.54) is 10.4 Å². The molecule has 0 aliphatic carbocycles. The summed E-state index contributed by atoms with van der Waals surface area (Å²) in [6.45, 7) is 0.694. The third-order valence-corrected chi connectivity index (χ3v) is 6.53. The lowest BCUT2D eigenvalue weighted by Crippen LogP contribution is -2.32. The van der Waals surface area contributed by atoms with E-state index in [0.717, 1.165) is 16.9 Å². The molecule has 0 spiro atoms. The van der Waals surface area contributed by atoms with E-state index in [1.54, 1.807) is 23.9 Å². The second kappa shape index (κ2) is 11.0. The highest BCUT2D eigenvalue weighted by Crippen LogP contribution is 2.30. The number of nitrogens with zero attached hydrogens (tertiary/aromatic N) is 1. The van der Waals surface area contributed by atoms with Gasteiger partial charge in [0.05, 0.1) is 17.0 Å². The fraction of sp³-hybridized carbons (Fsp3) is 0.316. The van der Waals surface area contributed by atoms with E-state index in [-0.39, 0.29) is 23.9 Å². The van der Waals surface area contributed by atoms with E-state index in [4.69, 9.17) is 23.2 Å². The van der Waals surface area contributed by atoms with Gasteiger partial charge >= 0.3 is 0 Å². The van der Waals surface area contributed by atoms with Crippen LogP contribution in [0.2, 0.25) is 10.0 Å². The van der Waals surface area contributed by atoms with Gasteiger partial charge in [-0.05, 0) is 36.8 Å². The van der Waals surface area contributed by atoms with E-state index in [9.17, 15) is 13.2 Å². The van der Waals surface area contributed by atoms with Crippen LogP contribution in [-0.4, -0.2) is 39.4 Å². The van der Waals surface area contributed by atoms with Crippen LogP contribution in [0.3, 0.4) is 0 Å². The SMILES string of the molecule is CS(=O)(=O)N(CCCC(=O)NCCSc1ccccc1)c1cc(Cl)ccc1Cl. The number of halogens is 2. The molecule has 0 aliphatic rings. The zero-order valence-electron chi connectivity index (χ0n) is 15.4. The summed E-state index contributed by atoms with van der Waals surface area (Å²) >= 11 is 13.8. The van der Waals surface area contributed by atoms with Gasteiger partial charge in [-0.25, -0.2) is 8.42 Å². The van der Waals surface area contributed by atoms with Gasteiger partial charge in [0.15, 0.2) is 0 Å². The van der Waals surface area contributed by atoms with Gasteiger partial charge in [0.2, 0.25) is 15.9 Å². The lowest BCUT2D eigenvalue weighted by atomic mass is 10.2. The van der Waals surface area contributed by atoms with Crippen LogP contribution in [0.4, 0.5) is 5.69 Å². The minimum absolute atomic E-state index is 0.112. The summed E-state index contributed by atoms with van der Waals surface area (Å²) in [4.78, 5) is 13.2. The third kappa shape index (κ3) is 7.54. The molecule has 0 aromatic heterocycles. The molecule has 0 atom stereocenters. The number of anilines is 1. The predicted molar refractivity (Wildman–Crippen MR) is 118 cm³/mol. The average Bonchev–Trinajstić information content (AvgIpc) is 2.64. The van der Waals surface area contributed by atoms with Crippen molar-refractivity contribution in [1.29, 1.82) is 0 Å². The largest absolute Gasteiger partial charge is 0.355 e. The van der Waals surface area contributed by atoms with Crippen molar-refractivity contribution in [1.82, 2.24) is 5.32 Å². The number of nitrogens with one attached hydrogen (secondary N) is 1. The van der Waals surface area contributed by atoms with Crippen LogP contribution in [0.15, 0.2) is 53.4 Å². The second-order valence-corrected chi connectivity index (χ2v) is 9.96. The number of amides is 1. The van der Waals surface area contributed by atoms with Crippen molar-refractivity contribution in [3.8, 4) is 0 Å². The number of carbonyl (C=O) groups excluding carboxylic acids is 1. The first-order valence-electron chi connectivity index (χ1n) is 8.64. The molecular formula is C19H22Cl2N2O3S2. The Labute approximate surface area is 180 Å². The molecule has 2 rings (SSSR count). The average molecular weight is 461 g/mol. The maximum Gasteiger partial charge on any atom is 0.232 e. The Balaban J connectivity index is 1.80. The highest BCUT2D eigenvalue weighted by atomic mass is 35.5. The molecule has 1 N–H and O–H groups in total. The normalized spacial score (nSPS) is 11.2. The Kier molecular flexibility index (Phi) is 8.95. The van der Waals surface area contributed by atoms with Crippen molar-refractivity contribution in [2.45, 2.75) is 17.7 Å². The van der Waals surface area contributed by atoms with Gasteiger partial charge in [-0.2, -0.15) is 0 Å². The Hall–Kier alpha value is -1.41. The fourth-order valence-electron chi connectivity index (χ4n) is 2.49. The van der Waals surface area contributed by atoms with Crippen LogP contribution in [0, 0.1) is 0 Å². The van der Waals surface area contributed by atoms with Crippen LogP contribution >= 0.6 is 35.0 Å². The van der Waals surface area contributed by atoms with Gasteiger partial charge in [0, 0.05) is 35.2 Å². The molecule has 28 heavy (non-hydrogen) atoms. The quantitative estimate of drug-likeness (QED) is 0.420. The van der Waals surface area contributed by atoms with Crippen LogP contribution in [0.5, 0.6) is 0 Å². The smallest absolute Gasteiger partial charge is 0.232 e. The summed E-state index contributed by atoms with van der Waals surface area (Å²) in [5.41, 5.74) is 0.316. The summed E-state index contributed by atoms with van der Waals surface area (Å²) < 4.78 is 25.5. The first-order valence-corrected chi connectivity index (χ1v) is 12.2. The van der Waals surface area contributed by atoms with Crippen molar-refractivity contribution in [3.05, 3.63) is 58.6 Å². The van der Waals surface area contributed by atoms with Crippen molar-refractivity contribution in [3.63, 3.8) is 0 Å². The lowest BCUT2D eigenvalue weighted by molar-refractivity contribution is -0.121. The number of benzene rings is 2. The second-order valence-electron chi connectivity index (χ2n) is 6.05. The number of sulfonamides is 1. The highest BCUT2D eigenvalue weighted by molar-refractivity contribution is 7.99. The number of carbonyl (C=O) groups is 1. The van der Waals surface area contributed by atoms with E-state index >= 15 is 0 Å². The topological polar surface area (TPSA) is 66.5 Å². The Bertz CT molecular complexity index is 893. The van der Waals surface area contributed by atoms with Crippen molar-refractivity contribution >= 4 is 56.6 Å². The minimum Gasteiger partial charge on any atom is -0.355 e. The summed E-state index contributed by atoms with van der Waals surface area (Å²) in [6, 6.07) is 14.6. The van der Waals surface area contributed by atoms with Gasteiger partial charge in [-0.3, -0.25) is 9.10 Å². The molecule has 0 fully saturated rings. The van der Waals surface area contributed by atoms with Crippen LogP contribution in [-0.2, 0) is 14.8 Å². The first kappa shape index (κ1) is 22.9. The highest BCUT2D eigenvalue weighted by Gasteiger charge is 2.20. The monoisotopic (exact) mass is 460 g/mol. The van der Waals surface area contributed by atoms with Gasteiger partial charge in [-0.15, -0.1) is 11.8 Å². The molecule has 0 aliphatic heterocycles. The Morgan fingerprint density at radius 2 is 1.86 bits per heavy atom. The molecule has 152 valence electrons. The minimum atomic E-state index is -3.55. The molecule has 5 nitrogen and oxygen atoms in total. The maximum atomic E-state index is 12.1. The number of rotatable bonds is 10. The Morgan fingerprint density at radius 1 is 1.14 bits per heavy atom. The van der Waals surface area contributed by atoms with Gasteiger partial charge < -0.3 is 5.32 Å². The molecule has 0 heterocycles. The van der Waals surface area contributed by atoms with E-state index in [1.807, 2.05) is 30.3 Å². The number of hydrogen-bond donors (Lipinski definition) is 1. The molecule has 0 unspecified atom stereocenters. The molecule has 2 aromatic carbocycles. The van der Waals surface area contributed by atoms with E-state index in [2.05, 4.69) is 5.32 Å².